The molecule has 0 fully saturated rings. The average molecular weight is 152 g/mol. The highest BCUT2D eigenvalue weighted by atomic mass is 14.2. The van der Waals surface area contributed by atoms with Crippen LogP contribution in [0.5, 0.6) is 0 Å². The molecule has 0 aliphatic rings. The molecule has 0 aliphatic heterocycles. The lowest BCUT2D eigenvalue weighted by Gasteiger charge is -2.23. The van der Waals surface area contributed by atoms with Crippen molar-refractivity contribution in [2.24, 2.45) is 5.41 Å². The van der Waals surface area contributed by atoms with Crippen LogP contribution in [-0.4, -0.2) is 0 Å². The van der Waals surface area contributed by atoms with Crippen molar-refractivity contribution in [2.45, 2.75) is 53.4 Å². The maximum Gasteiger partial charge on any atom is 0.0142 e. The van der Waals surface area contributed by atoms with E-state index >= 15 is 0 Å². The van der Waals surface area contributed by atoms with Gasteiger partial charge in [0.15, 0.2) is 0 Å². The van der Waals surface area contributed by atoms with Gasteiger partial charge in [0.1, 0.15) is 0 Å². The Balaban J connectivity index is 3.87. The molecule has 0 amide bonds. The zero-order chi connectivity index (χ0) is 8.74. The van der Waals surface area contributed by atoms with Crippen molar-refractivity contribution in [3.8, 4) is 11.8 Å². The van der Waals surface area contributed by atoms with Crippen LogP contribution in [-0.2, 0) is 0 Å². The first-order valence-corrected chi connectivity index (χ1v) is 4.64. The van der Waals surface area contributed by atoms with Gasteiger partial charge in [-0.25, -0.2) is 0 Å². The fraction of sp³-hybridized carbons (Fsp3) is 0.818. The summed E-state index contributed by atoms with van der Waals surface area (Å²) < 4.78 is 0. The van der Waals surface area contributed by atoms with Crippen molar-refractivity contribution in [1.29, 1.82) is 0 Å². The molecule has 0 aromatic heterocycles. The highest BCUT2D eigenvalue weighted by Gasteiger charge is 2.17. The Kier molecular flexibility index (Phi) is 5.03. The molecule has 0 saturated heterocycles. The Bertz CT molecular complexity index is 141. The molecule has 64 valence electrons. The minimum Gasteiger partial charge on any atom is -0.104 e. The van der Waals surface area contributed by atoms with E-state index in [1.807, 2.05) is 0 Å². The minimum atomic E-state index is 0.460. The molecule has 0 aliphatic carbocycles. The second-order valence-electron chi connectivity index (χ2n) is 3.40. The molecular formula is C11H20. The van der Waals surface area contributed by atoms with E-state index in [1.54, 1.807) is 0 Å². The monoisotopic (exact) mass is 152 g/mol. The van der Waals surface area contributed by atoms with Crippen molar-refractivity contribution in [2.75, 3.05) is 0 Å². The van der Waals surface area contributed by atoms with E-state index in [0.717, 1.165) is 12.8 Å². The fourth-order valence-corrected chi connectivity index (χ4v) is 0.901. The van der Waals surface area contributed by atoms with Crippen LogP contribution >= 0.6 is 0 Å². The topological polar surface area (TPSA) is 0 Å². The minimum absolute atomic E-state index is 0.460. The van der Waals surface area contributed by atoms with Gasteiger partial charge in [-0.2, -0.15) is 0 Å². The molecular weight excluding hydrogens is 132 g/mol. The van der Waals surface area contributed by atoms with Crippen molar-refractivity contribution in [1.82, 2.24) is 0 Å². The summed E-state index contributed by atoms with van der Waals surface area (Å²) in [6.07, 6.45) is 4.53. The quantitative estimate of drug-likeness (QED) is 0.542. The van der Waals surface area contributed by atoms with Gasteiger partial charge in [0.05, 0.1) is 0 Å². The van der Waals surface area contributed by atoms with E-state index in [-0.39, 0.29) is 0 Å². The van der Waals surface area contributed by atoms with Crippen molar-refractivity contribution in [3.63, 3.8) is 0 Å². The van der Waals surface area contributed by atoms with Crippen molar-refractivity contribution < 1.29 is 0 Å². The number of rotatable bonds is 3. The van der Waals surface area contributed by atoms with E-state index < -0.39 is 0 Å². The predicted molar refractivity (Wildman–Crippen MR) is 51.4 cm³/mol. The lowest BCUT2D eigenvalue weighted by Crippen LogP contribution is -2.12. The molecule has 0 rings (SSSR count). The SMILES string of the molecule is CCC#CCC(C)(CC)CC. The zero-order valence-electron chi connectivity index (χ0n) is 8.33. The van der Waals surface area contributed by atoms with Crippen LogP contribution in [0.1, 0.15) is 53.4 Å². The lowest BCUT2D eigenvalue weighted by atomic mass is 9.82. The van der Waals surface area contributed by atoms with Gasteiger partial charge in [0, 0.05) is 12.8 Å². The molecule has 0 spiro atoms. The summed E-state index contributed by atoms with van der Waals surface area (Å²) in [5, 5.41) is 0. The Hall–Kier alpha value is -0.440. The molecule has 0 heteroatoms. The Labute approximate surface area is 71.4 Å². The molecule has 0 bridgehead atoms. The van der Waals surface area contributed by atoms with Gasteiger partial charge in [0.2, 0.25) is 0 Å². The van der Waals surface area contributed by atoms with Gasteiger partial charge in [-0.1, -0.05) is 27.7 Å². The van der Waals surface area contributed by atoms with Gasteiger partial charge in [0.25, 0.3) is 0 Å². The molecule has 0 saturated carbocycles. The highest BCUT2D eigenvalue weighted by molar-refractivity contribution is 5.01. The summed E-state index contributed by atoms with van der Waals surface area (Å²) in [7, 11) is 0. The van der Waals surface area contributed by atoms with Crippen LogP contribution in [0.3, 0.4) is 0 Å². The van der Waals surface area contributed by atoms with Crippen LogP contribution in [0.4, 0.5) is 0 Å². The fourth-order valence-electron chi connectivity index (χ4n) is 0.901. The lowest BCUT2D eigenvalue weighted by molar-refractivity contribution is 0.307. The molecule has 0 aromatic carbocycles. The summed E-state index contributed by atoms with van der Waals surface area (Å²) in [6, 6.07) is 0. The van der Waals surface area contributed by atoms with E-state index in [9.17, 15) is 0 Å². The number of hydrogen-bond donors (Lipinski definition) is 0. The van der Waals surface area contributed by atoms with Gasteiger partial charge >= 0.3 is 0 Å². The van der Waals surface area contributed by atoms with Crippen LogP contribution in [0, 0.1) is 17.3 Å². The van der Waals surface area contributed by atoms with Crippen LogP contribution in [0.15, 0.2) is 0 Å². The van der Waals surface area contributed by atoms with E-state index in [0.29, 0.717) is 5.41 Å². The molecule has 0 atom stereocenters. The summed E-state index contributed by atoms with van der Waals surface area (Å²) in [5.74, 6) is 6.35. The average Bonchev–Trinajstić information content (AvgIpc) is 2.05. The predicted octanol–water partition coefficient (Wildman–Crippen LogP) is 3.62. The van der Waals surface area contributed by atoms with Crippen LogP contribution in [0.25, 0.3) is 0 Å². The molecule has 0 heterocycles. The first-order valence-electron chi connectivity index (χ1n) is 4.64. The summed E-state index contributed by atoms with van der Waals surface area (Å²) in [4.78, 5) is 0. The highest BCUT2D eigenvalue weighted by Crippen LogP contribution is 2.28. The standard InChI is InChI=1S/C11H20/c1-5-8-9-10-11(4,6-2)7-3/h5-7,10H2,1-4H3. The molecule has 0 aromatic rings. The van der Waals surface area contributed by atoms with Crippen molar-refractivity contribution >= 4 is 0 Å². The Morgan fingerprint density at radius 2 is 1.55 bits per heavy atom. The summed E-state index contributed by atoms with van der Waals surface area (Å²) >= 11 is 0. The summed E-state index contributed by atoms with van der Waals surface area (Å²) in [5.41, 5.74) is 0.460. The molecule has 11 heavy (non-hydrogen) atoms. The van der Waals surface area contributed by atoms with E-state index in [4.69, 9.17) is 0 Å². The first-order chi connectivity index (χ1) is 5.18. The maximum absolute atomic E-state index is 3.23. The summed E-state index contributed by atoms with van der Waals surface area (Å²) in [6.45, 7) is 8.91. The van der Waals surface area contributed by atoms with Crippen molar-refractivity contribution in [3.05, 3.63) is 0 Å². The van der Waals surface area contributed by atoms with Gasteiger partial charge in [-0.15, -0.1) is 11.8 Å². The second-order valence-corrected chi connectivity index (χ2v) is 3.40. The maximum atomic E-state index is 3.23. The third-order valence-corrected chi connectivity index (χ3v) is 2.52. The molecule has 0 unspecified atom stereocenters. The second kappa shape index (κ2) is 5.24. The third-order valence-electron chi connectivity index (χ3n) is 2.52. The largest absolute Gasteiger partial charge is 0.104 e. The number of hydrogen-bond acceptors (Lipinski definition) is 0. The van der Waals surface area contributed by atoms with Gasteiger partial charge in [-0.3, -0.25) is 0 Å². The zero-order valence-corrected chi connectivity index (χ0v) is 8.33. The Morgan fingerprint density at radius 1 is 1.00 bits per heavy atom. The Morgan fingerprint density at radius 3 is 1.91 bits per heavy atom. The molecule has 0 N–H and O–H groups in total. The van der Waals surface area contributed by atoms with E-state index in [2.05, 4.69) is 39.5 Å². The van der Waals surface area contributed by atoms with Gasteiger partial charge < -0.3 is 0 Å². The molecule has 0 radical (unpaired) electrons. The smallest absolute Gasteiger partial charge is 0.0142 e. The van der Waals surface area contributed by atoms with Crippen LogP contribution < -0.4 is 0 Å². The third kappa shape index (κ3) is 4.09. The molecule has 0 nitrogen and oxygen atoms in total. The van der Waals surface area contributed by atoms with Gasteiger partial charge in [-0.05, 0) is 18.3 Å². The normalized spacial score (nSPS) is 10.5. The van der Waals surface area contributed by atoms with Crippen LogP contribution in [0.2, 0.25) is 0 Å². The van der Waals surface area contributed by atoms with E-state index in [1.165, 1.54) is 12.8 Å². The first kappa shape index (κ1) is 10.6.